The Hall–Kier alpha value is -1.65. The van der Waals surface area contributed by atoms with Crippen molar-refractivity contribution >= 4 is 11.4 Å². The van der Waals surface area contributed by atoms with E-state index < -0.39 is 16.4 Å². The molecular formula is C12H17FN2O2. The van der Waals surface area contributed by atoms with Gasteiger partial charge in [0.15, 0.2) is 0 Å². The van der Waals surface area contributed by atoms with Crippen LogP contribution in [0, 0.1) is 21.8 Å². The van der Waals surface area contributed by atoms with Crippen molar-refractivity contribution in [1.82, 2.24) is 0 Å². The molecule has 1 N–H and O–H groups in total. The lowest BCUT2D eigenvalue weighted by Gasteiger charge is -2.12. The molecular weight excluding hydrogens is 223 g/mol. The zero-order valence-corrected chi connectivity index (χ0v) is 10.1. The Morgan fingerprint density at radius 1 is 1.53 bits per heavy atom. The van der Waals surface area contributed by atoms with E-state index in [0.29, 0.717) is 11.6 Å². The van der Waals surface area contributed by atoms with Crippen LogP contribution in [0.25, 0.3) is 0 Å². The Bertz CT molecular complexity index is 396. The van der Waals surface area contributed by atoms with Crippen molar-refractivity contribution in [2.24, 2.45) is 5.92 Å². The minimum absolute atomic E-state index is 0.489. The molecule has 0 heterocycles. The van der Waals surface area contributed by atoms with E-state index in [9.17, 15) is 14.5 Å². The lowest BCUT2D eigenvalue weighted by atomic mass is 10.1. The summed E-state index contributed by atoms with van der Waals surface area (Å²) in [5.74, 6) is -0.304. The lowest BCUT2D eigenvalue weighted by molar-refractivity contribution is -0.387. The summed E-state index contributed by atoms with van der Waals surface area (Å²) >= 11 is 0. The zero-order valence-electron chi connectivity index (χ0n) is 10.1. The number of hydrogen-bond acceptors (Lipinski definition) is 3. The second kappa shape index (κ2) is 6.18. The molecule has 0 aliphatic carbocycles. The van der Waals surface area contributed by atoms with Crippen molar-refractivity contribution < 1.29 is 9.31 Å². The fourth-order valence-electron chi connectivity index (χ4n) is 1.65. The van der Waals surface area contributed by atoms with Gasteiger partial charge in [-0.25, -0.2) is 0 Å². The standard InChI is InChI=1S/C12H17FN2O2/c1-3-4-9(2)8-14-10-5-6-12(15(16)17)11(13)7-10/h5-7,9,14H,3-4,8H2,1-2H3. The number of halogens is 1. The van der Waals surface area contributed by atoms with Crippen LogP contribution in [0.3, 0.4) is 0 Å². The first-order valence-corrected chi connectivity index (χ1v) is 5.72. The molecule has 1 unspecified atom stereocenters. The smallest absolute Gasteiger partial charge is 0.304 e. The lowest BCUT2D eigenvalue weighted by Crippen LogP contribution is -2.11. The first-order chi connectivity index (χ1) is 8.04. The fourth-order valence-corrected chi connectivity index (χ4v) is 1.65. The van der Waals surface area contributed by atoms with Gasteiger partial charge in [0.25, 0.3) is 0 Å². The van der Waals surface area contributed by atoms with Gasteiger partial charge in [-0.2, -0.15) is 4.39 Å². The molecule has 0 amide bonds. The van der Waals surface area contributed by atoms with Gasteiger partial charge in [-0.1, -0.05) is 20.3 Å². The van der Waals surface area contributed by atoms with Gasteiger partial charge in [-0.05, 0) is 18.4 Å². The second-order valence-electron chi connectivity index (χ2n) is 4.20. The SMILES string of the molecule is CCCC(C)CNc1ccc([N+](=O)[O-])c(F)c1. The van der Waals surface area contributed by atoms with Crippen molar-refractivity contribution in [2.45, 2.75) is 26.7 Å². The molecule has 0 bridgehead atoms. The maximum Gasteiger partial charge on any atom is 0.304 e. The predicted octanol–water partition coefficient (Wildman–Crippen LogP) is 3.58. The fraction of sp³-hybridized carbons (Fsp3) is 0.500. The molecule has 1 aromatic carbocycles. The van der Waals surface area contributed by atoms with Crippen LogP contribution >= 0.6 is 0 Å². The Labute approximate surface area is 100.0 Å². The monoisotopic (exact) mass is 240 g/mol. The second-order valence-corrected chi connectivity index (χ2v) is 4.20. The van der Waals surface area contributed by atoms with Crippen LogP contribution in [0.5, 0.6) is 0 Å². The highest BCUT2D eigenvalue weighted by atomic mass is 19.1. The van der Waals surface area contributed by atoms with Crippen LogP contribution in [0.2, 0.25) is 0 Å². The molecule has 94 valence electrons. The normalized spacial score (nSPS) is 12.2. The predicted molar refractivity (Wildman–Crippen MR) is 65.6 cm³/mol. The summed E-state index contributed by atoms with van der Waals surface area (Å²) in [6.45, 7) is 4.96. The molecule has 17 heavy (non-hydrogen) atoms. The third-order valence-corrected chi connectivity index (χ3v) is 2.58. The van der Waals surface area contributed by atoms with Crippen LogP contribution in [-0.2, 0) is 0 Å². The van der Waals surface area contributed by atoms with Crippen molar-refractivity contribution in [3.05, 3.63) is 34.1 Å². The molecule has 0 saturated carbocycles. The molecule has 1 atom stereocenters. The molecule has 0 fully saturated rings. The van der Waals surface area contributed by atoms with E-state index in [-0.39, 0.29) is 0 Å². The molecule has 0 aliphatic rings. The number of nitro benzene ring substituents is 1. The van der Waals surface area contributed by atoms with E-state index in [1.165, 1.54) is 12.1 Å². The number of nitro groups is 1. The quantitative estimate of drug-likeness (QED) is 0.610. The Kier molecular flexibility index (Phi) is 4.87. The summed E-state index contributed by atoms with van der Waals surface area (Å²) < 4.78 is 13.3. The van der Waals surface area contributed by atoms with Gasteiger partial charge in [0.2, 0.25) is 5.82 Å². The van der Waals surface area contributed by atoms with E-state index in [1.807, 2.05) is 0 Å². The maximum atomic E-state index is 13.3. The molecule has 0 radical (unpaired) electrons. The third-order valence-electron chi connectivity index (χ3n) is 2.58. The van der Waals surface area contributed by atoms with Gasteiger partial charge in [-0.15, -0.1) is 0 Å². The maximum absolute atomic E-state index is 13.3. The molecule has 1 aromatic rings. The number of anilines is 1. The summed E-state index contributed by atoms with van der Waals surface area (Å²) in [5.41, 5.74) is 0.0909. The average Bonchev–Trinajstić information content (AvgIpc) is 2.26. The van der Waals surface area contributed by atoms with Crippen molar-refractivity contribution in [2.75, 3.05) is 11.9 Å². The number of nitrogens with one attached hydrogen (secondary N) is 1. The van der Waals surface area contributed by atoms with Crippen LogP contribution in [0.15, 0.2) is 18.2 Å². The van der Waals surface area contributed by atoms with Crippen molar-refractivity contribution in [3.63, 3.8) is 0 Å². The molecule has 1 rings (SSSR count). The van der Waals surface area contributed by atoms with Crippen LogP contribution in [0.1, 0.15) is 26.7 Å². The van der Waals surface area contributed by atoms with Crippen LogP contribution in [0.4, 0.5) is 15.8 Å². The number of rotatable bonds is 6. The Morgan fingerprint density at radius 3 is 2.76 bits per heavy atom. The van der Waals surface area contributed by atoms with Gasteiger partial charge in [0.05, 0.1) is 4.92 Å². The summed E-state index contributed by atoms with van der Waals surface area (Å²) in [4.78, 5) is 9.71. The van der Waals surface area contributed by atoms with E-state index in [4.69, 9.17) is 0 Å². The first kappa shape index (κ1) is 13.4. The van der Waals surface area contributed by atoms with Gasteiger partial charge < -0.3 is 5.32 Å². The Morgan fingerprint density at radius 2 is 2.24 bits per heavy atom. The van der Waals surface area contributed by atoms with Crippen molar-refractivity contribution in [3.8, 4) is 0 Å². The van der Waals surface area contributed by atoms with Crippen molar-refractivity contribution in [1.29, 1.82) is 0 Å². The molecule has 5 heteroatoms. The molecule has 0 spiro atoms. The number of hydrogen-bond donors (Lipinski definition) is 1. The van der Waals surface area contributed by atoms with E-state index in [2.05, 4.69) is 19.2 Å². The molecule has 0 aromatic heterocycles. The summed E-state index contributed by atoms with van der Waals surface area (Å²) in [5, 5.41) is 13.5. The van der Waals surface area contributed by atoms with Gasteiger partial charge in [0, 0.05) is 24.4 Å². The van der Waals surface area contributed by atoms with Gasteiger partial charge in [-0.3, -0.25) is 10.1 Å². The third kappa shape index (κ3) is 4.01. The Balaban J connectivity index is 2.62. The van der Waals surface area contributed by atoms with E-state index in [0.717, 1.165) is 25.5 Å². The van der Waals surface area contributed by atoms with E-state index in [1.54, 1.807) is 0 Å². The topological polar surface area (TPSA) is 55.2 Å². The van der Waals surface area contributed by atoms with Crippen LogP contribution in [-0.4, -0.2) is 11.5 Å². The highest BCUT2D eigenvalue weighted by Crippen LogP contribution is 2.21. The average molecular weight is 240 g/mol. The van der Waals surface area contributed by atoms with Crippen LogP contribution < -0.4 is 5.32 Å². The van der Waals surface area contributed by atoms with E-state index >= 15 is 0 Å². The van der Waals surface area contributed by atoms with Gasteiger partial charge in [0.1, 0.15) is 0 Å². The highest BCUT2D eigenvalue weighted by Gasteiger charge is 2.13. The van der Waals surface area contributed by atoms with Gasteiger partial charge >= 0.3 is 5.69 Å². The number of nitrogens with zero attached hydrogens (tertiary/aromatic N) is 1. The first-order valence-electron chi connectivity index (χ1n) is 5.72. The molecule has 4 nitrogen and oxygen atoms in total. The molecule has 0 saturated heterocycles. The summed E-state index contributed by atoms with van der Waals surface area (Å²) in [7, 11) is 0. The summed E-state index contributed by atoms with van der Waals surface area (Å²) in [6, 6.07) is 3.87. The molecule has 0 aliphatic heterocycles. The minimum atomic E-state index is -0.803. The largest absolute Gasteiger partial charge is 0.385 e. The highest BCUT2D eigenvalue weighted by molar-refractivity contribution is 5.49. The number of benzene rings is 1. The summed E-state index contributed by atoms with van der Waals surface area (Å²) in [6.07, 6.45) is 2.21. The zero-order chi connectivity index (χ0) is 12.8. The minimum Gasteiger partial charge on any atom is -0.385 e.